The summed E-state index contributed by atoms with van der Waals surface area (Å²) in [7, 11) is 0. The molecule has 1 aromatic heterocycles. The van der Waals surface area contributed by atoms with Crippen LogP contribution in [-0.4, -0.2) is 21.7 Å². The lowest BCUT2D eigenvalue weighted by molar-refractivity contribution is 0.233. The maximum Gasteiger partial charge on any atom is 0.245 e. The molecule has 0 atom stereocenters. The summed E-state index contributed by atoms with van der Waals surface area (Å²) >= 11 is 11.6. The van der Waals surface area contributed by atoms with Crippen molar-refractivity contribution in [3.05, 3.63) is 10.4 Å². The zero-order valence-electron chi connectivity index (χ0n) is 9.84. The van der Waals surface area contributed by atoms with E-state index in [1.54, 1.807) is 0 Å². The Morgan fingerprint density at radius 2 is 1.88 bits per heavy atom. The quantitative estimate of drug-likeness (QED) is 0.916. The van der Waals surface area contributed by atoms with Crippen molar-refractivity contribution in [2.75, 3.05) is 11.9 Å². The van der Waals surface area contributed by atoms with Crippen LogP contribution in [0.15, 0.2) is 0 Å². The van der Waals surface area contributed by atoms with Gasteiger partial charge in [0.25, 0.3) is 0 Å². The number of aromatic nitrogens is 3. The van der Waals surface area contributed by atoms with E-state index in [-0.39, 0.29) is 10.4 Å². The summed E-state index contributed by atoms with van der Waals surface area (Å²) in [6.07, 6.45) is 6.42. The Morgan fingerprint density at radius 3 is 2.59 bits per heavy atom. The lowest BCUT2D eigenvalue weighted by atomic mass is 9.76. The monoisotopic (exact) mass is 274 g/mol. The molecule has 0 aliphatic heterocycles. The van der Waals surface area contributed by atoms with Gasteiger partial charge in [-0.1, -0.05) is 37.8 Å². The Balaban J connectivity index is 1.99. The number of nitrogens with zero attached hydrogens (tertiary/aromatic N) is 3. The van der Waals surface area contributed by atoms with Crippen molar-refractivity contribution in [2.45, 2.75) is 39.0 Å². The van der Waals surface area contributed by atoms with E-state index in [0.717, 1.165) is 6.54 Å². The van der Waals surface area contributed by atoms with Crippen molar-refractivity contribution in [3.63, 3.8) is 0 Å². The summed E-state index contributed by atoms with van der Waals surface area (Å²) in [5.41, 5.74) is 0.318. The van der Waals surface area contributed by atoms with Gasteiger partial charge in [-0.25, -0.2) is 0 Å². The van der Waals surface area contributed by atoms with Gasteiger partial charge in [0.2, 0.25) is 5.28 Å². The highest BCUT2D eigenvalue weighted by Crippen LogP contribution is 2.36. The minimum atomic E-state index is 0.116. The number of nitrogens with one attached hydrogen (secondary N) is 1. The molecule has 2 rings (SSSR count). The zero-order chi connectivity index (χ0) is 12.3. The van der Waals surface area contributed by atoms with E-state index in [0.29, 0.717) is 11.2 Å². The summed E-state index contributed by atoms with van der Waals surface area (Å²) in [5.74, 6) is 0.526. The van der Waals surface area contributed by atoms with Crippen LogP contribution in [0.3, 0.4) is 0 Å². The fraction of sp³-hybridized carbons (Fsp3) is 0.727. The Labute approximate surface area is 111 Å². The molecule has 94 valence electrons. The van der Waals surface area contributed by atoms with Gasteiger partial charge in [-0.05, 0) is 29.9 Å². The summed E-state index contributed by atoms with van der Waals surface area (Å²) in [4.78, 5) is 4.04. The minimum Gasteiger partial charge on any atom is -0.367 e. The largest absolute Gasteiger partial charge is 0.367 e. The zero-order valence-corrected chi connectivity index (χ0v) is 11.4. The second-order valence-electron chi connectivity index (χ2n) is 4.95. The maximum atomic E-state index is 5.90. The van der Waals surface area contributed by atoms with Gasteiger partial charge in [-0.15, -0.1) is 10.2 Å². The van der Waals surface area contributed by atoms with Crippen LogP contribution in [-0.2, 0) is 0 Å². The highest BCUT2D eigenvalue weighted by molar-refractivity contribution is 6.32. The molecule has 0 saturated heterocycles. The Morgan fingerprint density at radius 1 is 1.18 bits per heavy atom. The first-order valence-corrected chi connectivity index (χ1v) is 6.64. The van der Waals surface area contributed by atoms with Crippen molar-refractivity contribution < 1.29 is 0 Å². The van der Waals surface area contributed by atoms with Crippen LogP contribution in [0.5, 0.6) is 0 Å². The molecular weight excluding hydrogens is 259 g/mol. The summed E-state index contributed by atoms with van der Waals surface area (Å²) in [6, 6.07) is 0. The molecule has 4 nitrogen and oxygen atoms in total. The van der Waals surface area contributed by atoms with Gasteiger partial charge in [-0.3, -0.25) is 0 Å². The van der Waals surface area contributed by atoms with Crippen LogP contribution in [0.25, 0.3) is 0 Å². The number of hydrogen-bond acceptors (Lipinski definition) is 4. The predicted molar refractivity (Wildman–Crippen MR) is 69.5 cm³/mol. The molecule has 0 radical (unpaired) electrons. The Hall–Kier alpha value is -0.610. The second kappa shape index (κ2) is 5.36. The number of anilines is 1. The van der Waals surface area contributed by atoms with Gasteiger partial charge in [0, 0.05) is 6.54 Å². The van der Waals surface area contributed by atoms with Crippen molar-refractivity contribution in [2.24, 2.45) is 5.41 Å². The Bertz CT molecular complexity index is 391. The fourth-order valence-corrected chi connectivity index (χ4v) is 2.55. The molecule has 1 N–H and O–H groups in total. The van der Waals surface area contributed by atoms with E-state index in [4.69, 9.17) is 23.2 Å². The predicted octanol–water partition coefficient (Wildman–Crippen LogP) is 3.56. The fourth-order valence-electron chi connectivity index (χ4n) is 2.28. The highest BCUT2D eigenvalue weighted by atomic mass is 35.5. The third kappa shape index (κ3) is 3.42. The normalized spacial score (nSPS) is 19.0. The number of hydrogen-bond donors (Lipinski definition) is 1. The summed E-state index contributed by atoms with van der Waals surface area (Å²) in [6.45, 7) is 3.14. The van der Waals surface area contributed by atoms with Crippen molar-refractivity contribution >= 4 is 29.0 Å². The molecule has 1 aliphatic carbocycles. The second-order valence-corrected chi connectivity index (χ2v) is 5.64. The van der Waals surface area contributed by atoms with E-state index in [1.165, 1.54) is 32.1 Å². The van der Waals surface area contributed by atoms with E-state index < -0.39 is 0 Å². The molecule has 0 aromatic carbocycles. The SMILES string of the molecule is CC1(CNc2nc(Cl)nnc2Cl)CCCCC1. The smallest absolute Gasteiger partial charge is 0.245 e. The first-order valence-electron chi connectivity index (χ1n) is 5.89. The van der Waals surface area contributed by atoms with E-state index in [9.17, 15) is 0 Å². The van der Waals surface area contributed by atoms with Crippen LogP contribution in [0, 0.1) is 5.41 Å². The average molecular weight is 275 g/mol. The number of halogens is 2. The molecule has 17 heavy (non-hydrogen) atoms. The molecule has 0 unspecified atom stereocenters. The summed E-state index contributed by atoms with van der Waals surface area (Å²) < 4.78 is 0. The van der Waals surface area contributed by atoms with Crippen LogP contribution >= 0.6 is 23.2 Å². The lowest BCUT2D eigenvalue weighted by Gasteiger charge is -2.33. The van der Waals surface area contributed by atoms with Gasteiger partial charge in [-0.2, -0.15) is 4.98 Å². The van der Waals surface area contributed by atoms with Crippen molar-refractivity contribution in [1.82, 2.24) is 15.2 Å². The summed E-state index contributed by atoms with van der Waals surface area (Å²) in [5, 5.41) is 10.9. The molecule has 1 heterocycles. The van der Waals surface area contributed by atoms with Gasteiger partial charge in [0.15, 0.2) is 11.0 Å². The van der Waals surface area contributed by atoms with Gasteiger partial charge < -0.3 is 5.32 Å². The van der Waals surface area contributed by atoms with E-state index >= 15 is 0 Å². The molecule has 1 aromatic rings. The van der Waals surface area contributed by atoms with Crippen molar-refractivity contribution in [1.29, 1.82) is 0 Å². The molecule has 1 aliphatic rings. The first-order chi connectivity index (χ1) is 8.09. The molecule has 1 fully saturated rings. The molecule has 0 bridgehead atoms. The van der Waals surface area contributed by atoms with Crippen LogP contribution in [0.4, 0.5) is 5.82 Å². The van der Waals surface area contributed by atoms with E-state index in [2.05, 4.69) is 27.4 Å². The average Bonchev–Trinajstić information content (AvgIpc) is 2.31. The molecule has 0 spiro atoms. The molecule has 6 heteroatoms. The minimum absolute atomic E-state index is 0.116. The first kappa shape index (κ1) is 12.8. The lowest BCUT2D eigenvalue weighted by Crippen LogP contribution is -2.29. The maximum absolute atomic E-state index is 5.90. The number of rotatable bonds is 3. The van der Waals surface area contributed by atoms with Gasteiger partial charge in [0.1, 0.15) is 0 Å². The van der Waals surface area contributed by atoms with Crippen LogP contribution < -0.4 is 5.32 Å². The third-order valence-corrected chi connectivity index (χ3v) is 3.78. The molecular formula is C11H16Cl2N4. The molecule has 0 amide bonds. The third-order valence-electron chi connectivity index (χ3n) is 3.36. The topological polar surface area (TPSA) is 50.7 Å². The Kier molecular flexibility index (Phi) is 4.05. The van der Waals surface area contributed by atoms with Crippen LogP contribution in [0.2, 0.25) is 10.4 Å². The van der Waals surface area contributed by atoms with Gasteiger partial charge in [0.05, 0.1) is 0 Å². The van der Waals surface area contributed by atoms with Crippen molar-refractivity contribution in [3.8, 4) is 0 Å². The molecule has 1 saturated carbocycles. The standard InChI is InChI=1S/C11H16Cl2N4/c1-11(5-3-2-4-6-11)7-14-9-8(12)16-17-10(13)15-9/h2-7H2,1H3,(H,14,15,17). The van der Waals surface area contributed by atoms with E-state index in [1.807, 2.05) is 0 Å². The highest BCUT2D eigenvalue weighted by Gasteiger charge is 2.26. The van der Waals surface area contributed by atoms with Gasteiger partial charge >= 0.3 is 0 Å². The van der Waals surface area contributed by atoms with Crippen LogP contribution in [0.1, 0.15) is 39.0 Å².